The molecule has 1 aliphatic rings. The molecule has 0 bridgehead atoms. The smallest absolute Gasteiger partial charge is 0.230 e. The van der Waals surface area contributed by atoms with Gasteiger partial charge in [0.2, 0.25) is 5.91 Å². The number of methoxy groups -OCH3 is 1. The standard InChI is InChI=1S/C13H26N2O2/c1-4-11(5-2)15(8-9-17-3)12(16)13(10-14)6-7-13/h11H,4-10,14H2,1-3H3. The Hall–Kier alpha value is -0.610. The van der Waals surface area contributed by atoms with Crippen molar-refractivity contribution in [2.45, 2.75) is 45.6 Å². The Morgan fingerprint density at radius 1 is 1.41 bits per heavy atom. The first kappa shape index (κ1) is 14.5. The summed E-state index contributed by atoms with van der Waals surface area (Å²) < 4.78 is 5.10. The van der Waals surface area contributed by atoms with Gasteiger partial charge in [0.1, 0.15) is 0 Å². The van der Waals surface area contributed by atoms with Crippen molar-refractivity contribution in [3.63, 3.8) is 0 Å². The molecule has 100 valence electrons. The summed E-state index contributed by atoms with van der Waals surface area (Å²) in [7, 11) is 1.67. The topological polar surface area (TPSA) is 55.6 Å². The van der Waals surface area contributed by atoms with Gasteiger partial charge in [-0.05, 0) is 25.7 Å². The van der Waals surface area contributed by atoms with E-state index in [0.717, 1.165) is 25.7 Å². The van der Waals surface area contributed by atoms with Crippen LogP contribution in [0.15, 0.2) is 0 Å². The number of carbonyl (C=O) groups excluding carboxylic acids is 1. The summed E-state index contributed by atoms with van der Waals surface area (Å²) in [6.07, 6.45) is 3.89. The predicted molar refractivity (Wildman–Crippen MR) is 68.7 cm³/mol. The molecule has 0 unspecified atom stereocenters. The van der Waals surface area contributed by atoms with E-state index in [4.69, 9.17) is 10.5 Å². The van der Waals surface area contributed by atoms with Crippen LogP contribution in [0.5, 0.6) is 0 Å². The highest BCUT2D eigenvalue weighted by Crippen LogP contribution is 2.46. The van der Waals surface area contributed by atoms with E-state index >= 15 is 0 Å². The molecule has 0 aromatic heterocycles. The number of rotatable bonds is 8. The molecule has 0 heterocycles. The minimum atomic E-state index is -0.240. The Kier molecular flexibility index (Phi) is 5.40. The van der Waals surface area contributed by atoms with Crippen molar-refractivity contribution in [1.82, 2.24) is 4.90 Å². The fraction of sp³-hybridized carbons (Fsp3) is 0.923. The van der Waals surface area contributed by atoms with Gasteiger partial charge in [-0.15, -0.1) is 0 Å². The monoisotopic (exact) mass is 242 g/mol. The maximum absolute atomic E-state index is 12.5. The van der Waals surface area contributed by atoms with Crippen LogP contribution in [0.1, 0.15) is 39.5 Å². The second kappa shape index (κ2) is 6.36. The van der Waals surface area contributed by atoms with E-state index in [-0.39, 0.29) is 11.3 Å². The Bertz CT molecular complexity index is 248. The zero-order valence-corrected chi connectivity index (χ0v) is 11.4. The molecule has 1 rings (SSSR count). The van der Waals surface area contributed by atoms with Crippen LogP contribution in [0.25, 0.3) is 0 Å². The third-order valence-corrected chi connectivity index (χ3v) is 3.88. The van der Waals surface area contributed by atoms with Gasteiger partial charge in [-0.3, -0.25) is 4.79 Å². The van der Waals surface area contributed by atoms with E-state index in [0.29, 0.717) is 25.7 Å². The van der Waals surface area contributed by atoms with Crippen molar-refractivity contribution in [2.75, 3.05) is 26.8 Å². The first-order valence-corrected chi connectivity index (χ1v) is 6.65. The van der Waals surface area contributed by atoms with Crippen LogP contribution >= 0.6 is 0 Å². The highest BCUT2D eigenvalue weighted by Gasteiger charge is 2.51. The summed E-state index contributed by atoms with van der Waals surface area (Å²) in [4.78, 5) is 14.5. The number of nitrogens with zero attached hydrogens (tertiary/aromatic N) is 1. The second-order valence-electron chi connectivity index (χ2n) is 4.95. The normalized spacial score (nSPS) is 17.2. The van der Waals surface area contributed by atoms with E-state index in [1.807, 2.05) is 4.90 Å². The second-order valence-corrected chi connectivity index (χ2v) is 4.95. The van der Waals surface area contributed by atoms with Gasteiger partial charge in [-0.1, -0.05) is 13.8 Å². The third kappa shape index (κ3) is 3.19. The van der Waals surface area contributed by atoms with E-state index in [1.165, 1.54) is 0 Å². The molecule has 0 atom stereocenters. The van der Waals surface area contributed by atoms with Gasteiger partial charge in [0.15, 0.2) is 0 Å². The summed E-state index contributed by atoms with van der Waals surface area (Å²) in [6, 6.07) is 0.321. The highest BCUT2D eigenvalue weighted by molar-refractivity contribution is 5.86. The van der Waals surface area contributed by atoms with E-state index in [2.05, 4.69) is 13.8 Å². The van der Waals surface area contributed by atoms with Gasteiger partial charge in [0.25, 0.3) is 0 Å². The van der Waals surface area contributed by atoms with Gasteiger partial charge >= 0.3 is 0 Å². The lowest BCUT2D eigenvalue weighted by Crippen LogP contribution is -2.47. The maximum Gasteiger partial charge on any atom is 0.230 e. The van der Waals surface area contributed by atoms with Crippen LogP contribution in [0.3, 0.4) is 0 Å². The van der Waals surface area contributed by atoms with Crippen LogP contribution in [-0.4, -0.2) is 43.7 Å². The molecule has 0 radical (unpaired) electrons. The number of nitrogens with two attached hydrogens (primary N) is 1. The molecule has 2 N–H and O–H groups in total. The summed E-state index contributed by atoms with van der Waals surface area (Å²) in [5, 5.41) is 0. The van der Waals surface area contributed by atoms with Crippen LogP contribution in [0.2, 0.25) is 0 Å². The average molecular weight is 242 g/mol. The first-order chi connectivity index (χ1) is 8.15. The van der Waals surface area contributed by atoms with Gasteiger partial charge in [-0.2, -0.15) is 0 Å². The number of amides is 1. The Balaban J connectivity index is 2.71. The van der Waals surface area contributed by atoms with Crippen molar-refractivity contribution in [1.29, 1.82) is 0 Å². The van der Waals surface area contributed by atoms with E-state index < -0.39 is 0 Å². The molecule has 4 nitrogen and oxygen atoms in total. The van der Waals surface area contributed by atoms with Crippen LogP contribution in [0, 0.1) is 5.41 Å². The van der Waals surface area contributed by atoms with Crippen molar-refractivity contribution >= 4 is 5.91 Å². The minimum absolute atomic E-state index is 0.240. The predicted octanol–water partition coefficient (Wildman–Crippen LogP) is 1.39. The fourth-order valence-corrected chi connectivity index (χ4v) is 2.33. The van der Waals surface area contributed by atoms with E-state index in [9.17, 15) is 4.79 Å². The van der Waals surface area contributed by atoms with Crippen LogP contribution < -0.4 is 5.73 Å². The molecule has 1 amide bonds. The van der Waals surface area contributed by atoms with Crippen LogP contribution in [0.4, 0.5) is 0 Å². The van der Waals surface area contributed by atoms with Gasteiger partial charge < -0.3 is 15.4 Å². The quantitative estimate of drug-likeness (QED) is 0.700. The van der Waals surface area contributed by atoms with E-state index in [1.54, 1.807) is 7.11 Å². The fourth-order valence-electron chi connectivity index (χ4n) is 2.33. The minimum Gasteiger partial charge on any atom is -0.383 e. The summed E-state index contributed by atoms with van der Waals surface area (Å²) in [5.74, 6) is 0.241. The molecular formula is C13H26N2O2. The number of hydrogen-bond donors (Lipinski definition) is 1. The number of carbonyl (C=O) groups is 1. The Morgan fingerprint density at radius 2 is 2.00 bits per heavy atom. The Morgan fingerprint density at radius 3 is 2.35 bits per heavy atom. The number of hydrogen-bond acceptors (Lipinski definition) is 3. The van der Waals surface area contributed by atoms with Gasteiger partial charge in [-0.25, -0.2) is 0 Å². The molecular weight excluding hydrogens is 216 g/mol. The molecule has 0 spiro atoms. The highest BCUT2D eigenvalue weighted by atomic mass is 16.5. The zero-order valence-electron chi connectivity index (χ0n) is 11.4. The molecule has 0 aliphatic heterocycles. The molecule has 4 heteroatoms. The SMILES string of the molecule is CCC(CC)N(CCOC)C(=O)C1(CN)CC1. The third-order valence-electron chi connectivity index (χ3n) is 3.88. The van der Waals surface area contributed by atoms with Crippen LogP contribution in [-0.2, 0) is 9.53 Å². The lowest BCUT2D eigenvalue weighted by atomic mass is 10.0. The largest absolute Gasteiger partial charge is 0.383 e. The molecule has 1 saturated carbocycles. The summed E-state index contributed by atoms with van der Waals surface area (Å²) in [6.45, 7) is 6.02. The maximum atomic E-state index is 12.5. The summed E-state index contributed by atoms with van der Waals surface area (Å²) >= 11 is 0. The molecule has 1 fully saturated rings. The molecule has 0 aromatic carbocycles. The van der Waals surface area contributed by atoms with Crippen molar-refractivity contribution in [2.24, 2.45) is 11.1 Å². The van der Waals surface area contributed by atoms with Gasteiger partial charge in [0.05, 0.1) is 12.0 Å². The Labute approximate surface area is 104 Å². The zero-order chi connectivity index (χ0) is 12.9. The lowest BCUT2D eigenvalue weighted by molar-refractivity contribution is -0.140. The molecule has 0 saturated heterocycles. The van der Waals surface area contributed by atoms with Crippen molar-refractivity contribution in [3.05, 3.63) is 0 Å². The van der Waals surface area contributed by atoms with Crippen molar-refractivity contribution < 1.29 is 9.53 Å². The summed E-state index contributed by atoms with van der Waals surface area (Å²) in [5.41, 5.74) is 5.50. The van der Waals surface area contributed by atoms with Gasteiger partial charge in [0, 0.05) is 26.2 Å². The number of ether oxygens (including phenoxy) is 1. The lowest BCUT2D eigenvalue weighted by Gasteiger charge is -2.33. The molecule has 1 aliphatic carbocycles. The molecule has 17 heavy (non-hydrogen) atoms. The molecule has 0 aromatic rings. The first-order valence-electron chi connectivity index (χ1n) is 6.65. The average Bonchev–Trinajstić information content (AvgIpc) is 3.14. The van der Waals surface area contributed by atoms with Crippen molar-refractivity contribution in [3.8, 4) is 0 Å².